The second kappa shape index (κ2) is 4.59. The summed E-state index contributed by atoms with van der Waals surface area (Å²) in [6, 6.07) is -1.68. The minimum atomic E-state index is -5.75. The van der Waals surface area contributed by atoms with E-state index in [-0.39, 0.29) is 0 Å². The second-order valence-electron chi connectivity index (χ2n) is 3.10. The molecule has 0 aromatic carbocycles. The summed E-state index contributed by atoms with van der Waals surface area (Å²) in [4.78, 5) is 39.1. The number of rotatable bonds is 4. The number of hydrogen-bond acceptors (Lipinski definition) is 4. The van der Waals surface area contributed by atoms with Gasteiger partial charge >= 0.3 is 15.2 Å². The van der Waals surface area contributed by atoms with Crippen LogP contribution in [0.1, 0.15) is 11.0 Å². The first-order valence-electron chi connectivity index (χ1n) is 5.99. The van der Waals surface area contributed by atoms with Crippen LogP contribution in [0.3, 0.4) is 0 Å². The van der Waals surface area contributed by atoms with Crippen LogP contribution in [-0.4, -0.2) is 34.7 Å². The summed E-state index contributed by atoms with van der Waals surface area (Å²) < 4.78 is 51.8. The van der Waals surface area contributed by atoms with Crippen LogP contribution in [0.25, 0.3) is 0 Å². The molecule has 0 fully saturated rings. The van der Waals surface area contributed by atoms with Crippen molar-refractivity contribution >= 4 is 15.2 Å². The lowest BCUT2D eigenvalue weighted by Crippen LogP contribution is -2.31. The van der Waals surface area contributed by atoms with Gasteiger partial charge in [-0.25, -0.2) is 0 Å². The zero-order valence-corrected chi connectivity index (χ0v) is 9.89. The summed E-state index contributed by atoms with van der Waals surface area (Å²) in [5, 5.41) is 5.87. The summed E-state index contributed by atoms with van der Waals surface area (Å²) >= 11 is 0. The van der Waals surface area contributed by atoms with Crippen molar-refractivity contribution in [3.05, 3.63) is 30.0 Å². The average Bonchev–Trinajstić information content (AvgIpc) is 2.28. The van der Waals surface area contributed by atoms with Crippen molar-refractivity contribution in [1.82, 2.24) is 4.98 Å². The van der Waals surface area contributed by atoms with Crippen LogP contribution < -0.4 is 0 Å². The van der Waals surface area contributed by atoms with Crippen LogP contribution in [0.4, 0.5) is 0 Å². The summed E-state index contributed by atoms with van der Waals surface area (Å²) in [5.41, 5.74) is -0.759. The van der Waals surface area contributed by atoms with E-state index < -0.39 is 56.7 Å². The quantitative estimate of drug-likeness (QED) is 0.372. The highest BCUT2D eigenvalue weighted by atomic mass is 31.2. The lowest BCUT2D eigenvalue weighted by atomic mass is 10.3. The molecule has 1 heterocycles. The molecule has 1 aromatic rings. The fraction of sp³-hybridized carbons (Fsp3) is 0.286. The van der Waals surface area contributed by atoms with Crippen LogP contribution >= 0.6 is 15.2 Å². The zero-order chi connectivity index (χ0) is 16.8. The van der Waals surface area contributed by atoms with E-state index in [4.69, 9.17) is 25.1 Å². The number of aromatic nitrogens is 1. The maximum Gasteiger partial charge on any atom is 0.369 e. The van der Waals surface area contributed by atoms with Crippen molar-refractivity contribution in [3.8, 4) is 0 Å². The topological polar surface area (TPSA) is 148 Å². The largest absolute Gasteiger partial charge is 0.369 e. The highest BCUT2D eigenvalue weighted by Crippen LogP contribution is 2.68. The van der Waals surface area contributed by atoms with Gasteiger partial charge in [0, 0.05) is 18.8 Å². The van der Waals surface area contributed by atoms with Crippen molar-refractivity contribution in [1.29, 1.82) is 0 Å². The van der Waals surface area contributed by atoms with E-state index in [1.165, 1.54) is 0 Å². The van der Waals surface area contributed by atoms with E-state index >= 15 is 0 Å². The first-order valence-corrected chi connectivity index (χ1v) is 7.22. The van der Waals surface area contributed by atoms with E-state index in [1.807, 2.05) is 0 Å². The Balaban J connectivity index is 3.55. The van der Waals surface area contributed by atoms with E-state index in [0.29, 0.717) is 0 Å². The molecule has 96 valence electrons. The summed E-state index contributed by atoms with van der Waals surface area (Å²) in [5.74, 6) is 0. The van der Waals surface area contributed by atoms with Crippen LogP contribution in [0, 0.1) is 0 Å². The first-order chi connectivity index (χ1) is 9.22. The molecule has 17 heavy (non-hydrogen) atoms. The summed E-state index contributed by atoms with van der Waals surface area (Å²) in [6.07, 6.45) is -3.11. The first kappa shape index (κ1) is 9.35. The van der Waals surface area contributed by atoms with Gasteiger partial charge in [-0.2, -0.15) is 0 Å². The molecule has 10 heteroatoms. The van der Waals surface area contributed by atoms with Crippen molar-refractivity contribution in [2.24, 2.45) is 0 Å². The Morgan fingerprint density at radius 2 is 1.82 bits per heavy atom. The maximum absolute atomic E-state index is 11.2. The van der Waals surface area contributed by atoms with Gasteiger partial charge in [-0.1, -0.05) is 6.04 Å². The predicted octanol–water partition coefficient (Wildman–Crippen LogP) is -0.374. The lowest BCUT2D eigenvalue weighted by molar-refractivity contribution is 0.131. The molecule has 0 aliphatic heterocycles. The van der Waals surface area contributed by atoms with E-state index in [9.17, 15) is 14.2 Å². The third kappa shape index (κ3) is 3.00. The average molecular weight is 288 g/mol. The van der Waals surface area contributed by atoms with Crippen molar-refractivity contribution < 1.29 is 39.3 Å². The smallest absolute Gasteiger partial charge is 0.367 e. The molecule has 0 radical (unpaired) electrons. The minimum absolute atomic E-state index is 0.759. The van der Waals surface area contributed by atoms with Crippen LogP contribution in [0.5, 0.6) is 0 Å². The molecule has 0 saturated carbocycles. The standard InChI is InChI=1S/C7H11NO7P2/c9-7(16(10,11)12,17(13,14)15)4-6-2-1-3-8-5-6/h1-3,5,9H,4H2,(H2,10,11,12)(H2,13,14,15)/i1D,2D,3D,5D,7+1. The molecule has 0 unspecified atom stereocenters. The Bertz CT molecular complexity index is 649. The molecular weight excluding hydrogens is 273 g/mol. The van der Waals surface area contributed by atoms with Crippen LogP contribution in [0.15, 0.2) is 24.4 Å². The zero-order valence-electron chi connectivity index (χ0n) is 12.1. The fourth-order valence-electron chi connectivity index (χ4n) is 0.951. The predicted molar refractivity (Wildman–Crippen MR) is 57.0 cm³/mol. The molecule has 0 amide bonds. The Kier molecular flexibility index (Phi) is 2.52. The monoisotopic (exact) mass is 288 g/mol. The molecule has 0 aliphatic rings. The molecule has 1 rings (SSSR count). The Hall–Kier alpha value is -0.590. The fourth-order valence-corrected chi connectivity index (χ4v) is 3.04. The van der Waals surface area contributed by atoms with Gasteiger partial charge in [0.1, 0.15) is 0 Å². The number of hydrogen-bond donors (Lipinski definition) is 5. The Morgan fingerprint density at radius 3 is 2.29 bits per heavy atom. The summed E-state index contributed by atoms with van der Waals surface area (Å²) in [7, 11) is -11.5. The molecule has 0 bridgehead atoms. The SMILES string of the molecule is [2H]c1nc([2H])c(C[13C](O)(P(=O)(O)O)P(=O)(O)O)c([2H])c1[2H]. The number of aliphatic hydroxyl groups is 1. The molecule has 0 saturated heterocycles. The molecule has 0 atom stereocenters. The molecule has 0 aliphatic carbocycles. The van der Waals surface area contributed by atoms with Gasteiger partial charge in [-0.3, -0.25) is 14.1 Å². The third-order valence-corrected chi connectivity index (χ3v) is 5.61. The number of nitrogens with zero attached hydrogens (tertiary/aromatic N) is 1. The van der Waals surface area contributed by atoms with E-state index in [1.54, 1.807) is 0 Å². The molecule has 5 N–H and O–H groups in total. The van der Waals surface area contributed by atoms with E-state index in [0.717, 1.165) is 0 Å². The number of pyridine rings is 1. The van der Waals surface area contributed by atoms with Crippen molar-refractivity contribution in [3.63, 3.8) is 0 Å². The highest BCUT2D eigenvalue weighted by Gasteiger charge is 2.59. The van der Waals surface area contributed by atoms with Gasteiger partial charge in [-0.15, -0.1) is 0 Å². The van der Waals surface area contributed by atoms with Gasteiger partial charge in [0.05, 0.1) is 5.48 Å². The maximum atomic E-state index is 11.2. The second-order valence-corrected chi connectivity index (χ2v) is 7.11. The van der Waals surface area contributed by atoms with Crippen LogP contribution in [-0.2, 0) is 15.6 Å². The molecular formula is C7H11NO7P2. The van der Waals surface area contributed by atoms with Gasteiger partial charge in [0.25, 0.3) is 5.08 Å². The molecule has 0 spiro atoms. The summed E-state index contributed by atoms with van der Waals surface area (Å²) in [6.45, 7) is 0. The Morgan fingerprint density at radius 1 is 1.29 bits per heavy atom. The highest BCUT2D eigenvalue weighted by molar-refractivity contribution is 7.72. The van der Waals surface area contributed by atoms with Gasteiger partial charge in [0.15, 0.2) is 0 Å². The molecule has 1 aromatic heterocycles. The lowest BCUT2D eigenvalue weighted by Gasteiger charge is -2.29. The van der Waals surface area contributed by atoms with Crippen molar-refractivity contribution in [2.45, 2.75) is 11.5 Å². The van der Waals surface area contributed by atoms with Gasteiger partial charge < -0.3 is 24.7 Å². The Labute approximate surface area is 102 Å². The third-order valence-electron chi connectivity index (χ3n) is 1.86. The van der Waals surface area contributed by atoms with Gasteiger partial charge in [0.2, 0.25) is 0 Å². The van der Waals surface area contributed by atoms with Crippen LogP contribution in [0.2, 0.25) is 0 Å². The normalized spacial score (nSPS) is 17.0. The van der Waals surface area contributed by atoms with Crippen molar-refractivity contribution in [2.75, 3.05) is 0 Å². The molecule has 8 nitrogen and oxygen atoms in total. The van der Waals surface area contributed by atoms with E-state index in [2.05, 4.69) is 4.98 Å². The minimum Gasteiger partial charge on any atom is -0.367 e. The van der Waals surface area contributed by atoms with Gasteiger partial charge in [-0.05, 0) is 11.6 Å².